The van der Waals surface area contributed by atoms with Gasteiger partial charge in [-0.05, 0) is 29.8 Å². The van der Waals surface area contributed by atoms with Crippen LogP contribution in [0.4, 0.5) is 11.5 Å². The first-order valence-corrected chi connectivity index (χ1v) is 9.18. The van der Waals surface area contributed by atoms with Crippen LogP contribution in [-0.4, -0.2) is 20.9 Å². The van der Waals surface area contributed by atoms with E-state index in [2.05, 4.69) is 4.99 Å². The Hall–Kier alpha value is -3.77. The summed E-state index contributed by atoms with van der Waals surface area (Å²) in [6, 6.07) is 25.3. The van der Waals surface area contributed by atoms with E-state index in [9.17, 15) is 10.1 Å². The Labute approximate surface area is 171 Å². The van der Waals surface area contributed by atoms with Crippen LogP contribution in [0.1, 0.15) is 5.56 Å². The zero-order chi connectivity index (χ0) is 20.2. The predicted molar refractivity (Wildman–Crippen MR) is 114 cm³/mol. The molecule has 1 heterocycles. The van der Waals surface area contributed by atoms with Gasteiger partial charge in [-0.3, -0.25) is 10.1 Å². The molecule has 0 N–H and O–H groups in total. The summed E-state index contributed by atoms with van der Waals surface area (Å²) >= 11 is 5.99. The van der Waals surface area contributed by atoms with Crippen LogP contribution in [0, 0.1) is 10.1 Å². The second kappa shape index (κ2) is 8.08. The quantitative estimate of drug-likeness (QED) is 0.238. The highest BCUT2D eigenvalue weighted by molar-refractivity contribution is 6.30. The van der Waals surface area contributed by atoms with E-state index in [-0.39, 0.29) is 5.69 Å². The molecule has 0 radical (unpaired) electrons. The fraction of sp³-hybridized carbons (Fsp3) is 0. The van der Waals surface area contributed by atoms with Crippen LogP contribution in [0.25, 0.3) is 16.9 Å². The first-order chi connectivity index (χ1) is 14.1. The molecule has 4 aromatic rings. The van der Waals surface area contributed by atoms with E-state index >= 15 is 0 Å². The van der Waals surface area contributed by atoms with E-state index in [4.69, 9.17) is 16.7 Å². The minimum absolute atomic E-state index is 0.0207. The van der Waals surface area contributed by atoms with Crippen LogP contribution < -0.4 is 0 Å². The molecule has 0 bridgehead atoms. The van der Waals surface area contributed by atoms with E-state index in [1.165, 1.54) is 12.1 Å². The minimum atomic E-state index is -0.426. The summed E-state index contributed by atoms with van der Waals surface area (Å²) < 4.78 is 1.73. The van der Waals surface area contributed by atoms with Gasteiger partial charge in [0.1, 0.15) is 0 Å². The highest BCUT2D eigenvalue weighted by atomic mass is 35.5. The molecule has 7 heteroatoms. The molecule has 0 fully saturated rings. The van der Waals surface area contributed by atoms with Crippen LogP contribution >= 0.6 is 11.6 Å². The number of hydrogen-bond donors (Lipinski definition) is 0. The number of nitro benzene ring substituents is 1. The summed E-state index contributed by atoms with van der Waals surface area (Å²) in [6.07, 6.45) is 1.59. The van der Waals surface area contributed by atoms with Gasteiger partial charge in [0.05, 0.1) is 16.3 Å². The van der Waals surface area contributed by atoms with E-state index < -0.39 is 4.92 Å². The van der Waals surface area contributed by atoms with E-state index in [1.54, 1.807) is 23.0 Å². The molecule has 0 aliphatic heterocycles. The maximum absolute atomic E-state index is 11.0. The van der Waals surface area contributed by atoms with Gasteiger partial charge in [-0.2, -0.15) is 5.10 Å². The molecule has 0 saturated carbocycles. The van der Waals surface area contributed by atoms with Crippen LogP contribution in [-0.2, 0) is 0 Å². The van der Waals surface area contributed by atoms with Gasteiger partial charge in [0.15, 0.2) is 5.82 Å². The number of nitro groups is 1. The number of para-hydroxylation sites is 1. The van der Waals surface area contributed by atoms with E-state index in [0.717, 1.165) is 16.9 Å². The molecule has 1 aromatic heterocycles. The minimum Gasteiger partial charge on any atom is -0.258 e. The molecule has 4 rings (SSSR count). The van der Waals surface area contributed by atoms with Crippen molar-refractivity contribution in [1.82, 2.24) is 9.78 Å². The van der Waals surface area contributed by atoms with Gasteiger partial charge in [0, 0.05) is 35.0 Å². The lowest BCUT2D eigenvalue weighted by Crippen LogP contribution is -1.96. The van der Waals surface area contributed by atoms with E-state index in [1.807, 2.05) is 60.7 Å². The molecule has 0 aliphatic rings. The lowest BCUT2D eigenvalue weighted by molar-refractivity contribution is -0.384. The maximum atomic E-state index is 11.0. The zero-order valence-corrected chi connectivity index (χ0v) is 15.9. The Balaban J connectivity index is 1.76. The summed E-state index contributed by atoms with van der Waals surface area (Å²) in [7, 11) is 0. The molecular weight excluding hydrogens is 388 g/mol. The van der Waals surface area contributed by atoms with Crippen molar-refractivity contribution < 1.29 is 4.92 Å². The normalized spacial score (nSPS) is 11.1. The molecule has 0 aliphatic carbocycles. The largest absolute Gasteiger partial charge is 0.270 e. The predicted octanol–water partition coefficient (Wildman–Crippen LogP) is 5.85. The molecule has 29 heavy (non-hydrogen) atoms. The highest BCUT2D eigenvalue weighted by Crippen LogP contribution is 2.27. The van der Waals surface area contributed by atoms with Crippen molar-refractivity contribution >= 4 is 29.3 Å². The van der Waals surface area contributed by atoms with Crippen LogP contribution in [0.2, 0.25) is 5.02 Å². The van der Waals surface area contributed by atoms with Crippen molar-refractivity contribution in [2.75, 3.05) is 0 Å². The maximum Gasteiger partial charge on any atom is 0.270 e. The summed E-state index contributed by atoms with van der Waals surface area (Å²) in [5.74, 6) is 0.604. The van der Waals surface area contributed by atoms with Crippen molar-refractivity contribution in [3.8, 4) is 16.9 Å². The summed E-state index contributed by atoms with van der Waals surface area (Å²) in [5.41, 5.74) is 3.17. The molecule has 0 saturated heterocycles. The first-order valence-electron chi connectivity index (χ1n) is 8.80. The SMILES string of the molecule is O=[N+]([O-])c1cccc(/C=N/c2cc(-c3ccc(Cl)cc3)nn2-c2ccccc2)c1. The van der Waals surface area contributed by atoms with Crippen molar-refractivity contribution in [2.45, 2.75) is 0 Å². The van der Waals surface area contributed by atoms with Crippen molar-refractivity contribution in [3.05, 3.63) is 106 Å². The molecule has 142 valence electrons. The number of halogens is 1. The second-order valence-electron chi connectivity index (χ2n) is 6.25. The third-order valence-electron chi connectivity index (χ3n) is 4.26. The van der Waals surface area contributed by atoms with Gasteiger partial charge in [-0.1, -0.05) is 54.1 Å². The Morgan fingerprint density at radius 2 is 1.72 bits per heavy atom. The highest BCUT2D eigenvalue weighted by Gasteiger charge is 2.11. The van der Waals surface area contributed by atoms with Crippen molar-refractivity contribution in [1.29, 1.82) is 0 Å². The van der Waals surface area contributed by atoms with Crippen molar-refractivity contribution in [2.24, 2.45) is 4.99 Å². The number of non-ortho nitro benzene ring substituents is 1. The Morgan fingerprint density at radius 3 is 2.45 bits per heavy atom. The molecule has 3 aromatic carbocycles. The molecular formula is C22H15ClN4O2. The number of hydrogen-bond acceptors (Lipinski definition) is 4. The van der Waals surface area contributed by atoms with Gasteiger partial charge >= 0.3 is 0 Å². The average molecular weight is 403 g/mol. The van der Waals surface area contributed by atoms with Gasteiger partial charge in [0.25, 0.3) is 5.69 Å². The summed E-state index contributed by atoms with van der Waals surface area (Å²) in [6.45, 7) is 0. The van der Waals surface area contributed by atoms with E-state index in [0.29, 0.717) is 16.4 Å². The third-order valence-corrected chi connectivity index (χ3v) is 4.51. The van der Waals surface area contributed by atoms with Crippen LogP contribution in [0.15, 0.2) is 89.9 Å². The fourth-order valence-corrected chi connectivity index (χ4v) is 2.97. The van der Waals surface area contributed by atoms with Gasteiger partial charge in [0.2, 0.25) is 0 Å². The lowest BCUT2D eigenvalue weighted by Gasteiger charge is -2.03. The Morgan fingerprint density at radius 1 is 0.966 bits per heavy atom. The first kappa shape index (κ1) is 18.6. The molecule has 0 atom stereocenters. The smallest absolute Gasteiger partial charge is 0.258 e. The average Bonchev–Trinajstić information content (AvgIpc) is 3.18. The third kappa shape index (κ3) is 4.23. The molecule has 0 spiro atoms. The van der Waals surface area contributed by atoms with Crippen LogP contribution in [0.3, 0.4) is 0 Å². The fourth-order valence-electron chi connectivity index (χ4n) is 2.84. The standard InChI is InChI=1S/C22H15ClN4O2/c23-18-11-9-17(10-12-18)21-14-22(26(25-21)19-6-2-1-3-7-19)24-15-16-5-4-8-20(13-16)27(28)29/h1-15H/b24-15+. The molecule has 0 unspecified atom stereocenters. The number of benzene rings is 3. The number of aliphatic imine (C=N–C) groups is 1. The van der Waals surface area contributed by atoms with Gasteiger partial charge < -0.3 is 0 Å². The van der Waals surface area contributed by atoms with Crippen molar-refractivity contribution in [3.63, 3.8) is 0 Å². The monoisotopic (exact) mass is 402 g/mol. The zero-order valence-electron chi connectivity index (χ0n) is 15.1. The topological polar surface area (TPSA) is 73.3 Å². The Bertz CT molecular complexity index is 1190. The number of aromatic nitrogens is 2. The summed E-state index contributed by atoms with van der Waals surface area (Å²) in [5, 5.41) is 16.3. The van der Waals surface area contributed by atoms with Gasteiger partial charge in [-0.25, -0.2) is 9.67 Å². The van der Waals surface area contributed by atoms with Gasteiger partial charge in [-0.15, -0.1) is 0 Å². The molecule has 6 nitrogen and oxygen atoms in total. The number of nitrogens with zero attached hydrogens (tertiary/aromatic N) is 4. The number of rotatable bonds is 5. The summed E-state index contributed by atoms with van der Waals surface area (Å²) in [4.78, 5) is 15.1. The lowest BCUT2D eigenvalue weighted by atomic mass is 10.1. The Kier molecular flexibility index (Phi) is 5.18. The van der Waals surface area contributed by atoms with Crippen LogP contribution in [0.5, 0.6) is 0 Å². The second-order valence-corrected chi connectivity index (χ2v) is 6.69. The molecule has 0 amide bonds.